The zero-order valence-corrected chi connectivity index (χ0v) is 6.71. The molecule has 1 N–H and O–H groups in total. The Hall–Kier alpha value is -0.300. The Morgan fingerprint density at radius 2 is 2.50 bits per heavy atom. The predicted molar refractivity (Wildman–Crippen MR) is 45.0 cm³/mol. The lowest BCUT2D eigenvalue weighted by Crippen LogP contribution is -2.03. The normalized spacial score (nSPS) is 15.6. The molecule has 0 aliphatic rings. The average Bonchev–Trinajstić information content (AvgIpc) is 2.01. The minimum Gasteiger partial charge on any atom is -0.393 e. The number of rotatable bonds is 6. The molecule has 0 rings (SSSR count). The van der Waals surface area contributed by atoms with Gasteiger partial charge in [-0.2, -0.15) is 0 Å². The van der Waals surface area contributed by atoms with E-state index in [-0.39, 0.29) is 6.10 Å². The summed E-state index contributed by atoms with van der Waals surface area (Å²) in [5.74, 6) is 0. The monoisotopic (exact) mass is 143 g/mol. The van der Waals surface area contributed by atoms with Crippen LogP contribution in [-0.4, -0.2) is 11.2 Å². The largest absolute Gasteiger partial charge is 0.393 e. The molecule has 60 valence electrons. The number of hydrogen-bond donors (Lipinski definition) is 1. The van der Waals surface area contributed by atoms with E-state index in [1.807, 2.05) is 0 Å². The molecule has 1 nitrogen and oxygen atoms in total. The lowest BCUT2D eigenvalue weighted by Gasteiger charge is -2.05. The Balaban J connectivity index is 3.15. The quantitative estimate of drug-likeness (QED) is 0.447. The smallest absolute Gasteiger partial charge is 0.0574 e. The predicted octanol–water partition coefficient (Wildman–Crippen LogP) is 2.50. The molecule has 1 unspecified atom stereocenters. The Labute approximate surface area is 65.2 Å². The second-order valence-electron chi connectivity index (χ2n) is 2.62. The maximum absolute atomic E-state index is 9.27. The van der Waals surface area contributed by atoms with Crippen LogP contribution in [0.5, 0.6) is 0 Å². The Morgan fingerprint density at radius 3 is 3.10 bits per heavy atom. The fourth-order valence-electron chi connectivity index (χ4n) is 0.905. The Bertz CT molecular complexity index is 102. The van der Waals surface area contributed by atoms with Crippen LogP contribution < -0.4 is 0 Å². The third-order valence-electron chi connectivity index (χ3n) is 1.55. The zero-order chi connectivity index (χ0) is 8.53. The molecular weight excluding hydrogens is 124 g/mol. The Kier molecular flexibility index (Phi) is 5.32. The highest BCUT2D eigenvalue weighted by atomic mass is 16.3. The van der Waals surface area contributed by atoms with Crippen molar-refractivity contribution in [2.75, 3.05) is 0 Å². The van der Waals surface area contributed by atoms with Gasteiger partial charge in [-0.25, -0.2) is 0 Å². The molecular formula is C9H18O. The zero-order valence-electron chi connectivity index (χ0n) is 7.71. The van der Waals surface area contributed by atoms with Gasteiger partial charge >= 0.3 is 0 Å². The highest BCUT2D eigenvalue weighted by Gasteiger charge is 1.98. The maximum atomic E-state index is 9.27. The van der Waals surface area contributed by atoms with E-state index < -0.39 is 0 Å². The van der Waals surface area contributed by atoms with Crippen LogP contribution in [0, 0.1) is 0 Å². The molecule has 0 aliphatic heterocycles. The summed E-state index contributed by atoms with van der Waals surface area (Å²) >= 11 is 0. The molecule has 0 saturated heterocycles. The first-order chi connectivity index (χ1) is 5.31. The summed E-state index contributed by atoms with van der Waals surface area (Å²) in [6, 6.07) is 0. The van der Waals surface area contributed by atoms with Gasteiger partial charge in [-0.05, 0) is 12.8 Å². The van der Waals surface area contributed by atoms with Gasteiger partial charge in [0.2, 0.25) is 0 Å². The summed E-state index contributed by atoms with van der Waals surface area (Å²) in [7, 11) is 0. The molecule has 0 spiro atoms. The van der Waals surface area contributed by atoms with Crippen molar-refractivity contribution in [3.8, 4) is 0 Å². The molecule has 10 heavy (non-hydrogen) atoms. The number of aliphatic hydroxyl groups excluding tert-OH is 1. The highest BCUT2D eigenvalue weighted by molar-refractivity contribution is 4.71. The average molecular weight is 143 g/mol. The summed E-state index contributed by atoms with van der Waals surface area (Å²) < 4.78 is 6.72. The minimum absolute atomic E-state index is 0.233. The van der Waals surface area contributed by atoms with E-state index in [1.54, 1.807) is 6.08 Å². The van der Waals surface area contributed by atoms with Crippen LogP contribution in [0.1, 0.15) is 40.4 Å². The topological polar surface area (TPSA) is 20.2 Å². The Morgan fingerprint density at radius 1 is 1.70 bits per heavy atom. The first-order valence-corrected chi connectivity index (χ1v) is 4.02. The third-order valence-corrected chi connectivity index (χ3v) is 1.55. The van der Waals surface area contributed by atoms with Crippen molar-refractivity contribution in [3.63, 3.8) is 0 Å². The van der Waals surface area contributed by atoms with Crippen molar-refractivity contribution in [2.24, 2.45) is 0 Å². The lowest BCUT2D eigenvalue weighted by atomic mass is 10.1. The van der Waals surface area contributed by atoms with E-state index in [1.165, 1.54) is 19.4 Å². The molecule has 1 heteroatoms. The van der Waals surface area contributed by atoms with Crippen LogP contribution in [0.25, 0.3) is 0 Å². The van der Waals surface area contributed by atoms with Crippen LogP contribution >= 0.6 is 0 Å². The minimum atomic E-state index is -0.233. The van der Waals surface area contributed by atoms with Gasteiger partial charge in [-0.1, -0.05) is 32.3 Å². The molecule has 0 aliphatic carbocycles. The lowest BCUT2D eigenvalue weighted by molar-refractivity contribution is 0.164. The first kappa shape index (κ1) is 7.80. The SMILES string of the molecule is [2H]/C=C/CC(O)CCCCC. The van der Waals surface area contributed by atoms with Crippen molar-refractivity contribution in [2.45, 2.75) is 45.1 Å². The molecule has 0 heterocycles. The van der Waals surface area contributed by atoms with Gasteiger partial charge in [0.1, 0.15) is 0 Å². The van der Waals surface area contributed by atoms with Crippen molar-refractivity contribution < 1.29 is 6.48 Å². The second kappa shape index (κ2) is 6.81. The summed E-state index contributed by atoms with van der Waals surface area (Å²) in [5, 5.41) is 9.27. The second-order valence-corrected chi connectivity index (χ2v) is 2.62. The van der Waals surface area contributed by atoms with Gasteiger partial charge in [0.25, 0.3) is 0 Å². The van der Waals surface area contributed by atoms with Crippen molar-refractivity contribution in [1.29, 1.82) is 0 Å². The standard InChI is InChI=1S/C9H18O/c1-3-5-6-8-9(10)7-4-2/h4,9-10H,2-3,5-8H2,1H3/i2D/b4-2+. The van der Waals surface area contributed by atoms with Gasteiger partial charge in [0.05, 0.1) is 7.47 Å². The fourth-order valence-corrected chi connectivity index (χ4v) is 0.905. The summed E-state index contributed by atoms with van der Waals surface area (Å²) in [6.45, 7) is 3.39. The maximum Gasteiger partial charge on any atom is 0.0574 e. The van der Waals surface area contributed by atoms with Crippen molar-refractivity contribution in [3.05, 3.63) is 12.6 Å². The molecule has 0 aromatic carbocycles. The molecule has 0 fully saturated rings. The van der Waals surface area contributed by atoms with Gasteiger partial charge in [0, 0.05) is 0 Å². The van der Waals surface area contributed by atoms with Crippen molar-refractivity contribution in [1.82, 2.24) is 0 Å². The molecule has 0 radical (unpaired) electrons. The summed E-state index contributed by atoms with van der Waals surface area (Å²) in [4.78, 5) is 0. The van der Waals surface area contributed by atoms with Crippen LogP contribution in [0.4, 0.5) is 0 Å². The number of hydrogen-bond acceptors (Lipinski definition) is 1. The van der Waals surface area contributed by atoms with Crippen LogP contribution in [0.3, 0.4) is 0 Å². The van der Waals surface area contributed by atoms with E-state index >= 15 is 0 Å². The molecule has 0 saturated carbocycles. The van der Waals surface area contributed by atoms with E-state index in [0.717, 1.165) is 12.8 Å². The van der Waals surface area contributed by atoms with E-state index in [0.29, 0.717) is 6.42 Å². The number of unbranched alkanes of at least 4 members (excludes halogenated alkanes) is 2. The summed E-state index contributed by atoms with van der Waals surface area (Å²) in [6.07, 6.45) is 6.46. The molecule has 1 atom stereocenters. The van der Waals surface area contributed by atoms with E-state index in [9.17, 15) is 5.11 Å². The van der Waals surface area contributed by atoms with Gasteiger partial charge in [0.15, 0.2) is 0 Å². The van der Waals surface area contributed by atoms with Gasteiger partial charge in [-0.3, -0.25) is 0 Å². The molecule has 0 bridgehead atoms. The van der Waals surface area contributed by atoms with Crippen LogP contribution in [0.2, 0.25) is 0 Å². The van der Waals surface area contributed by atoms with Gasteiger partial charge in [-0.15, -0.1) is 6.55 Å². The fraction of sp³-hybridized carbons (Fsp3) is 0.778. The molecule has 0 aromatic heterocycles. The van der Waals surface area contributed by atoms with Crippen LogP contribution in [-0.2, 0) is 0 Å². The van der Waals surface area contributed by atoms with Gasteiger partial charge < -0.3 is 5.11 Å². The van der Waals surface area contributed by atoms with E-state index in [4.69, 9.17) is 1.37 Å². The van der Waals surface area contributed by atoms with E-state index in [2.05, 4.69) is 6.92 Å². The third kappa shape index (κ3) is 5.83. The summed E-state index contributed by atoms with van der Waals surface area (Å²) in [5.41, 5.74) is 0. The molecule has 0 aromatic rings. The van der Waals surface area contributed by atoms with Crippen molar-refractivity contribution >= 4 is 0 Å². The first-order valence-electron chi connectivity index (χ1n) is 4.60. The number of aliphatic hydroxyl groups is 1. The molecule has 0 amide bonds. The van der Waals surface area contributed by atoms with Crippen LogP contribution in [0.15, 0.2) is 12.6 Å². The highest BCUT2D eigenvalue weighted by Crippen LogP contribution is 2.05.